The maximum absolute atomic E-state index is 13.5. The third-order valence-electron chi connectivity index (χ3n) is 3.68. The van der Waals surface area contributed by atoms with Gasteiger partial charge in [-0.15, -0.1) is 0 Å². The zero-order valence-corrected chi connectivity index (χ0v) is 16.9. The Bertz CT molecular complexity index is 916. The number of amides is 3. The van der Waals surface area contributed by atoms with Crippen LogP contribution in [-0.2, 0) is 9.53 Å². The molecule has 0 bridgehead atoms. The van der Waals surface area contributed by atoms with Crippen LogP contribution < -0.4 is 20.1 Å². The monoisotopic (exact) mass is 418 g/mol. The number of carbonyl (C=O) groups is 3. The maximum Gasteiger partial charge on any atom is 0.338 e. The van der Waals surface area contributed by atoms with Gasteiger partial charge in [0.2, 0.25) is 0 Å². The van der Waals surface area contributed by atoms with E-state index in [0.29, 0.717) is 24.0 Å². The predicted molar refractivity (Wildman–Crippen MR) is 107 cm³/mol. The number of urea groups is 1. The van der Waals surface area contributed by atoms with E-state index in [9.17, 15) is 18.8 Å². The summed E-state index contributed by atoms with van der Waals surface area (Å²) in [5.74, 6) is -1.17. The van der Waals surface area contributed by atoms with Crippen molar-refractivity contribution in [2.24, 2.45) is 5.92 Å². The highest BCUT2D eigenvalue weighted by molar-refractivity contribution is 6.02. The summed E-state index contributed by atoms with van der Waals surface area (Å²) in [5.41, 5.74) is 0.0546. The Balaban J connectivity index is 1.87. The molecule has 2 aromatic carbocycles. The maximum atomic E-state index is 13.5. The fourth-order valence-electron chi connectivity index (χ4n) is 2.26. The van der Waals surface area contributed by atoms with Crippen molar-refractivity contribution < 1.29 is 33.0 Å². The summed E-state index contributed by atoms with van der Waals surface area (Å²) in [6, 6.07) is 9.00. The quantitative estimate of drug-likeness (QED) is 0.637. The number of benzene rings is 2. The summed E-state index contributed by atoms with van der Waals surface area (Å²) < 4.78 is 29.2. The van der Waals surface area contributed by atoms with E-state index in [1.165, 1.54) is 37.4 Å². The van der Waals surface area contributed by atoms with E-state index in [2.05, 4.69) is 5.32 Å². The van der Waals surface area contributed by atoms with Crippen molar-refractivity contribution in [2.75, 3.05) is 25.6 Å². The molecule has 3 amide bonds. The van der Waals surface area contributed by atoms with Gasteiger partial charge in [-0.05, 0) is 36.2 Å². The zero-order valence-electron chi connectivity index (χ0n) is 16.9. The van der Waals surface area contributed by atoms with Gasteiger partial charge in [0, 0.05) is 0 Å². The van der Waals surface area contributed by atoms with Crippen molar-refractivity contribution in [2.45, 2.75) is 13.8 Å². The summed E-state index contributed by atoms with van der Waals surface area (Å²) in [6.07, 6.45) is 0. The molecule has 2 aromatic rings. The molecule has 0 fully saturated rings. The van der Waals surface area contributed by atoms with E-state index >= 15 is 0 Å². The van der Waals surface area contributed by atoms with Crippen molar-refractivity contribution in [1.29, 1.82) is 0 Å². The number of esters is 1. The lowest BCUT2D eigenvalue weighted by Gasteiger charge is -2.13. The molecule has 0 spiro atoms. The third-order valence-corrected chi connectivity index (χ3v) is 3.68. The first kappa shape index (κ1) is 22.7. The van der Waals surface area contributed by atoms with Crippen molar-refractivity contribution in [3.63, 3.8) is 0 Å². The number of imide groups is 1. The van der Waals surface area contributed by atoms with Gasteiger partial charge >= 0.3 is 12.0 Å². The minimum atomic E-state index is -0.950. The summed E-state index contributed by atoms with van der Waals surface area (Å²) in [6.45, 7) is 3.78. The van der Waals surface area contributed by atoms with Crippen LogP contribution in [0.15, 0.2) is 42.5 Å². The van der Waals surface area contributed by atoms with Gasteiger partial charge in [-0.25, -0.2) is 14.0 Å². The van der Waals surface area contributed by atoms with Gasteiger partial charge in [-0.1, -0.05) is 26.0 Å². The molecular formula is C21H23FN2O6. The van der Waals surface area contributed by atoms with Crippen molar-refractivity contribution in [1.82, 2.24) is 5.32 Å². The van der Waals surface area contributed by atoms with Crippen molar-refractivity contribution in [3.8, 4) is 11.5 Å². The van der Waals surface area contributed by atoms with Gasteiger partial charge in [-0.2, -0.15) is 0 Å². The average Bonchev–Trinajstić information content (AvgIpc) is 2.71. The van der Waals surface area contributed by atoms with Crippen LogP contribution in [-0.4, -0.2) is 38.2 Å². The molecule has 9 heteroatoms. The number of methoxy groups -OCH3 is 1. The molecule has 0 aliphatic heterocycles. The number of hydrogen-bond acceptors (Lipinski definition) is 6. The largest absolute Gasteiger partial charge is 0.493 e. The Morgan fingerprint density at radius 3 is 2.47 bits per heavy atom. The van der Waals surface area contributed by atoms with Crippen LogP contribution in [0.1, 0.15) is 24.2 Å². The lowest BCUT2D eigenvalue weighted by Crippen LogP contribution is -2.37. The number of para-hydroxylation sites is 1. The van der Waals surface area contributed by atoms with Crippen LogP contribution >= 0.6 is 0 Å². The number of halogens is 1. The van der Waals surface area contributed by atoms with Crippen molar-refractivity contribution >= 4 is 23.6 Å². The molecular weight excluding hydrogens is 395 g/mol. The molecule has 0 radical (unpaired) electrons. The molecule has 0 aliphatic carbocycles. The van der Waals surface area contributed by atoms with Gasteiger partial charge in [0.05, 0.1) is 25.0 Å². The zero-order chi connectivity index (χ0) is 22.1. The van der Waals surface area contributed by atoms with Crippen LogP contribution in [0, 0.1) is 11.7 Å². The lowest BCUT2D eigenvalue weighted by molar-refractivity contribution is -0.123. The van der Waals surface area contributed by atoms with Gasteiger partial charge in [0.15, 0.2) is 18.1 Å². The topological polar surface area (TPSA) is 103 Å². The first-order valence-electron chi connectivity index (χ1n) is 9.13. The van der Waals surface area contributed by atoms with E-state index < -0.39 is 30.3 Å². The number of anilines is 1. The van der Waals surface area contributed by atoms with Crippen LogP contribution in [0.25, 0.3) is 0 Å². The number of carbonyl (C=O) groups excluding carboxylic acids is 3. The highest BCUT2D eigenvalue weighted by atomic mass is 19.1. The number of rotatable bonds is 8. The SMILES string of the molecule is COc1cc(C(=O)OCC(=O)NC(=O)Nc2ccccc2F)ccc1OCC(C)C. The molecule has 0 atom stereocenters. The van der Waals surface area contributed by atoms with Crippen LogP contribution in [0.4, 0.5) is 14.9 Å². The van der Waals surface area contributed by atoms with Gasteiger partial charge in [0.25, 0.3) is 5.91 Å². The predicted octanol–water partition coefficient (Wildman–Crippen LogP) is 3.37. The molecule has 0 saturated carbocycles. The summed E-state index contributed by atoms with van der Waals surface area (Å²) in [5, 5.41) is 4.13. The molecule has 160 valence electrons. The number of hydrogen-bond donors (Lipinski definition) is 2. The summed E-state index contributed by atoms with van der Waals surface area (Å²) in [7, 11) is 1.44. The second-order valence-electron chi connectivity index (χ2n) is 6.63. The minimum absolute atomic E-state index is 0.0911. The normalized spacial score (nSPS) is 10.3. The molecule has 0 aromatic heterocycles. The number of nitrogens with one attached hydrogen (secondary N) is 2. The van der Waals surface area contributed by atoms with Gasteiger partial charge < -0.3 is 19.5 Å². The van der Waals surface area contributed by atoms with E-state index in [1.54, 1.807) is 6.07 Å². The lowest BCUT2D eigenvalue weighted by atomic mass is 10.2. The third kappa shape index (κ3) is 6.77. The Kier molecular flexibility index (Phi) is 8.16. The van der Waals surface area contributed by atoms with Gasteiger partial charge in [-0.3, -0.25) is 10.1 Å². The Morgan fingerprint density at radius 1 is 1.07 bits per heavy atom. The second kappa shape index (κ2) is 10.8. The molecule has 0 saturated heterocycles. The van der Waals surface area contributed by atoms with Crippen LogP contribution in [0.3, 0.4) is 0 Å². The molecule has 0 heterocycles. The van der Waals surface area contributed by atoms with E-state index in [0.717, 1.165) is 6.07 Å². The van der Waals surface area contributed by atoms with Crippen LogP contribution in [0.2, 0.25) is 0 Å². The molecule has 2 N–H and O–H groups in total. The van der Waals surface area contributed by atoms with Gasteiger partial charge in [0.1, 0.15) is 5.82 Å². The molecule has 2 rings (SSSR count). The highest BCUT2D eigenvalue weighted by Gasteiger charge is 2.16. The Labute approximate surface area is 173 Å². The smallest absolute Gasteiger partial charge is 0.338 e. The molecule has 0 unspecified atom stereocenters. The van der Waals surface area contributed by atoms with E-state index in [1.807, 2.05) is 19.2 Å². The Hall–Kier alpha value is -3.62. The standard InChI is InChI=1S/C21H23FN2O6/c1-13(2)11-29-17-9-8-14(10-18(17)28-3)20(26)30-12-19(25)24-21(27)23-16-7-5-4-6-15(16)22/h4-10,13H,11-12H2,1-3H3,(H2,23,24,25,27). The summed E-state index contributed by atoms with van der Waals surface area (Å²) in [4.78, 5) is 35.7. The van der Waals surface area contributed by atoms with E-state index in [4.69, 9.17) is 14.2 Å². The Morgan fingerprint density at radius 2 is 1.80 bits per heavy atom. The molecule has 30 heavy (non-hydrogen) atoms. The molecule has 0 aliphatic rings. The minimum Gasteiger partial charge on any atom is -0.493 e. The van der Waals surface area contributed by atoms with Crippen LogP contribution in [0.5, 0.6) is 11.5 Å². The fraction of sp³-hybridized carbons (Fsp3) is 0.286. The average molecular weight is 418 g/mol. The second-order valence-corrected chi connectivity index (χ2v) is 6.63. The molecule has 8 nitrogen and oxygen atoms in total. The first-order valence-corrected chi connectivity index (χ1v) is 9.13. The first-order chi connectivity index (χ1) is 14.3. The highest BCUT2D eigenvalue weighted by Crippen LogP contribution is 2.28. The fourth-order valence-corrected chi connectivity index (χ4v) is 2.26. The number of ether oxygens (including phenoxy) is 3. The van der Waals surface area contributed by atoms with Crippen molar-refractivity contribution in [3.05, 3.63) is 53.8 Å². The summed E-state index contributed by atoms with van der Waals surface area (Å²) >= 11 is 0. The van der Waals surface area contributed by atoms with E-state index in [-0.39, 0.29) is 11.3 Å².